The molecule has 0 amide bonds. The summed E-state index contributed by atoms with van der Waals surface area (Å²) < 4.78 is 1.64. The molecule has 1 heterocycles. The zero-order chi connectivity index (χ0) is 12.6. The molecule has 1 aromatic heterocycles. The van der Waals surface area contributed by atoms with E-state index in [1.54, 1.807) is 18.5 Å². The van der Waals surface area contributed by atoms with E-state index in [1.165, 1.54) is 0 Å². The Morgan fingerprint density at radius 3 is 2.59 bits per heavy atom. The lowest BCUT2D eigenvalue weighted by Gasteiger charge is -2.28. The summed E-state index contributed by atoms with van der Waals surface area (Å²) in [6.07, 6.45) is 3.19. The van der Waals surface area contributed by atoms with E-state index >= 15 is 0 Å². The molecule has 0 aromatic carbocycles. The minimum absolute atomic E-state index is 0.0720. The second-order valence-corrected chi connectivity index (χ2v) is 4.64. The third kappa shape index (κ3) is 2.04. The third-order valence-electron chi connectivity index (χ3n) is 3.48. The smallest absolute Gasteiger partial charge is 0.312 e. The van der Waals surface area contributed by atoms with Crippen LogP contribution in [-0.4, -0.2) is 25.9 Å². The molecule has 2 rings (SSSR count). The Kier molecular flexibility index (Phi) is 3.15. The van der Waals surface area contributed by atoms with E-state index < -0.39 is 11.0 Å². The molecule has 1 aliphatic carbocycles. The van der Waals surface area contributed by atoms with E-state index in [0.29, 0.717) is 11.4 Å². The highest BCUT2D eigenvalue weighted by atomic mass is 16.6. The summed E-state index contributed by atoms with van der Waals surface area (Å²) >= 11 is 0. The zero-order valence-corrected chi connectivity index (χ0v) is 10.1. The van der Waals surface area contributed by atoms with Gasteiger partial charge in [0.2, 0.25) is 0 Å². The lowest BCUT2D eigenvalue weighted by molar-refractivity contribution is -0.386. The first-order chi connectivity index (χ1) is 8.02. The molecule has 0 spiro atoms. The number of nitro groups is 1. The van der Waals surface area contributed by atoms with E-state index in [4.69, 9.17) is 0 Å². The highest BCUT2D eigenvalue weighted by molar-refractivity contribution is 5.39. The van der Waals surface area contributed by atoms with Crippen LogP contribution in [0.5, 0.6) is 0 Å². The number of hydrogen-bond donors (Lipinski definition) is 1. The van der Waals surface area contributed by atoms with Crippen LogP contribution in [0.4, 0.5) is 5.69 Å². The van der Waals surface area contributed by atoms with Crippen molar-refractivity contribution in [3.63, 3.8) is 0 Å². The van der Waals surface area contributed by atoms with Crippen molar-refractivity contribution in [2.45, 2.75) is 51.7 Å². The molecule has 94 valence electrons. The average molecular weight is 239 g/mol. The summed E-state index contributed by atoms with van der Waals surface area (Å²) in [5.74, 6) is 0. The maximum Gasteiger partial charge on any atom is 0.312 e. The summed E-state index contributed by atoms with van der Waals surface area (Å²) in [5.41, 5.74) is 1.03. The molecular formula is C11H17N3O3. The predicted molar refractivity (Wildman–Crippen MR) is 61.9 cm³/mol. The molecule has 6 nitrogen and oxygen atoms in total. The lowest BCUT2D eigenvalue weighted by Crippen LogP contribution is -2.29. The van der Waals surface area contributed by atoms with Crippen LogP contribution in [0.3, 0.4) is 0 Å². The van der Waals surface area contributed by atoms with E-state index in [0.717, 1.165) is 25.7 Å². The van der Waals surface area contributed by atoms with Gasteiger partial charge in [-0.2, -0.15) is 5.10 Å². The molecule has 1 fully saturated rings. The molecule has 0 aliphatic heterocycles. The maximum atomic E-state index is 10.9. The first-order valence-corrected chi connectivity index (χ1v) is 5.90. The molecule has 1 saturated carbocycles. The molecule has 17 heavy (non-hydrogen) atoms. The van der Waals surface area contributed by atoms with Gasteiger partial charge in [0, 0.05) is 0 Å². The fourth-order valence-electron chi connectivity index (χ4n) is 2.62. The summed E-state index contributed by atoms with van der Waals surface area (Å²) in [5, 5.41) is 25.1. The summed E-state index contributed by atoms with van der Waals surface area (Å²) in [7, 11) is 0. The van der Waals surface area contributed by atoms with Crippen molar-refractivity contribution < 1.29 is 10.0 Å². The number of aromatic nitrogens is 2. The predicted octanol–water partition coefficient (Wildman–Crippen LogP) is 1.88. The summed E-state index contributed by atoms with van der Waals surface area (Å²) in [6.45, 7) is 3.33. The molecule has 0 bridgehead atoms. The minimum atomic E-state index is -0.443. The number of aliphatic hydroxyl groups excluding tert-OH is 1. The van der Waals surface area contributed by atoms with Crippen molar-refractivity contribution >= 4 is 5.69 Å². The van der Waals surface area contributed by atoms with Crippen LogP contribution in [0.2, 0.25) is 0 Å². The molecule has 1 aliphatic rings. The Hall–Kier alpha value is -1.43. The number of hydrogen-bond acceptors (Lipinski definition) is 4. The van der Waals surface area contributed by atoms with Gasteiger partial charge in [-0.05, 0) is 26.7 Å². The van der Waals surface area contributed by atoms with Gasteiger partial charge in [-0.3, -0.25) is 14.8 Å². The monoisotopic (exact) mass is 239 g/mol. The zero-order valence-electron chi connectivity index (χ0n) is 10.1. The first kappa shape index (κ1) is 12.0. The van der Waals surface area contributed by atoms with Crippen LogP contribution in [-0.2, 0) is 0 Å². The molecule has 2 atom stereocenters. The molecule has 6 heteroatoms. The highest BCUT2D eigenvalue weighted by Gasteiger charge is 2.31. The average Bonchev–Trinajstić information content (AvgIpc) is 2.55. The molecule has 1 aromatic rings. The molecule has 0 saturated heterocycles. The molecule has 1 N–H and O–H groups in total. The van der Waals surface area contributed by atoms with E-state index in [1.807, 2.05) is 0 Å². The van der Waals surface area contributed by atoms with E-state index in [2.05, 4.69) is 5.10 Å². The van der Waals surface area contributed by atoms with E-state index in [9.17, 15) is 15.2 Å². The SMILES string of the molecule is Cc1nn([C@@H]2CCCC[C@H]2O)c(C)c1[N+](=O)[O-]. The number of nitrogens with zero attached hydrogens (tertiary/aromatic N) is 3. The van der Waals surface area contributed by atoms with Crippen LogP contribution in [0.15, 0.2) is 0 Å². The van der Waals surface area contributed by atoms with Crippen molar-refractivity contribution in [2.75, 3.05) is 0 Å². The van der Waals surface area contributed by atoms with Crippen molar-refractivity contribution in [3.05, 3.63) is 21.5 Å². The Labute approximate surface area is 99.4 Å². The quantitative estimate of drug-likeness (QED) is 0.631. The van der Waals surface area contributed by atoms with Crippen LogP contribution >= 0.6 is 0 Å². The van der Waals surface area contributed by atoms with Gasteiger partial charge in [-0.15, -0.1) is 0 Å². The first-order valence-electron chi connectivity index (χ1n) is 5.90. The summed E-state index contributed by atoms with van der Waals surface area (Å²) in [6, 6.07) is -0.115. The van der Waals surface area contributed by atoms with Gasteiger partial charge in [-0.1, -0.05) is 12.8 Å². The number of rotatable bonds is 2. The lowest BCUT2D eigenvalue weighted by atomic mass is 9.92. The number of aryl methyl sites for hydroxylation is 1. The third-order valence-corrected chi connectivity index (χ3v) is 3.48. The second-order valence-electron chi connectivity index (χ2n) is 4.64. The Balaban J connectivity index is 2.39. The van der Waals surface area contributed by atoms with Crippen LogP contribution < -0.4 is 0 Å². The Bertz CT molecular complexity index is 441. The summed E-state index contributed by atoms with van der Waals surface area (Å²) in [4.78, 5) is 10.5. The van der Waals surface area contributed by atoms with Crippen LogP contribution in [0.25, 0.3) is 0 Å². The van der Waals surface area contributed by atoms with Crippen molar-refractivity contribution in [1.82, 2.24) is 9.78 Å². The topological polar surface area (TPSA) is 81.2 Å². The van der Waals surface area contributed by atoms with Crippen LogP contribution in [0, 0.1) is 24.0 Å². The molecule has 0 radical (unpaired) electrons. The van der Waals surface area contributed by atoms with Gasteiger partial charge in [0.1, 0.15) is 11.4 Å². The standard InChI is InChI=1S/C11H17N3O3/c1-7-11(14(16)17)8(2)13(12-7)9-5-3-4-6-10(9)15/h9-10,15H,3-6H2,1-2H3/t9-,10-/m1/s1. The Morgan fingerprint density at radius 1 is 1.41 bits per heavy atom. The molecule has 0 unspecified atom stereocenters. The minimum Gasteiger partial charge on any atom is -0.391 e. The second kappa shape index (κ2) is 4.44. The van der Waals surface area contributed by atoms with Gasteiger partial charge in [-0.25, -0.2) is 0 Å². The van der Waals surface area contributed by atoms with Crippen molar-refractivity contribution in [3.8, 4) is 0 Å². The number of aliphatic hydroxyl groups is 1. The highest BCUT2D eigenvalue weighted by Crippen LogP contribution is 2.32. The van der Waals surface area contributed by atoms with Crippen molar-refractivity contribution in [1.29, 1.82) is 0 Å². The van der Waals surface area contributed by atoms with Gasteiger partial charge in [0.15, 0.2) is 0 Å². The van der Waals surface area contributed by atoms with Gasteiger partial charge >= 0.3 is 5.69 Å². The van der Waals surface area contributed by atoms with Gasteiger partial charge in [0.05, 0.1) is 17.1 Å². The van der Waals surface area contributed by atoms with Crippen molar-refractivity contribution in [2.24, 2.45) is 0 Å². The molecular weight excluding hydrogens is 222 g/mol. The van der Waals surface area contributed by atoms with Gasteiger partial charge < -0.3 is 5.11 Å². The van der Waals surface area contributed by atoms with E-state index in [-0.39, 0.29) is 11.7 Å². The Morgan fingerprint density at radius 2 is 2.06 bits per heavy atom. The normalized spacial score (nSPS) is 24.9. The largest absolute Gasteiger partial charge is 0.391 e. The maximum absolute atomic E-state index is 10.9. The van der Waals surface area contributed by atoms with Gasteiger partial charge in [0.25, 0.3) is 0 Å². The fraction of sp³-hybridized carbons (Fsp3) is 0.727. The van der Waals surface area contributed by atoms with Crippen LogP contribution in [0.1, 0.15) is 43.1 Å². The fourth-order valence-corrected chi connectivity index (χ4v) is 2.62.